The summed E-state index contributed by atoms with van der Waals surface area (Å²) in [4.78, 5) is 16.2. The van der Waals surface area contributed by atoms with E-state index in [1.807, 2.05) is 31.2 Å². The molecule has 1 aliphatic heterocycles. The fourth-order valence-corrected chi connectivity index (χ4v) is 2.40. The van der Waals surface area contributed by atoms with Gasteiger partial charge in [-0.15, -0.1) is 24.8 Å². The summed E-state index contributed by atoms with van der Waals surface area (Å²) in [6.07, 6.45) is 3.20. The maximum Gasteiger partial charge on any atom is 0.244 e. The Morgan fingerprint density at radius 3 is 2.44 bits per heavy atom. The molecule has 1 fully saturated rings. The summed E-state index contributed by atoms with van der Waals surface area (Å²) in [6, 6.07) is 10.5. The zero-order valence-electron chi connectivity index (χ0n) is 13.7. The molecule has 1 aliphatic rings. The monoisotopic (exact) mass is 385 g/mol. The van der Waals surface area contributed by atoms with Crippen LogP contribution in [0.4, 0.5) is 5.69 Å². The molecule has 1 saturated heterocycles. The van der Waals surface area contributed by atoms with E-state index >= 15 is 0 Å². The van der Waals surface area contributed by atoms with Crippen LogP contribution in [-0.4, -0.2) is 36.2 Å². The zero-order chi connectivity index (χ0) is 16.1. The van der Waals surface area contributed by atoms with Crippen LogP contribution >= 0.6 is 24.8 Å². The molecule has 2 N–H and O–H groups in total. The molecule has 8 heteroatoms. The van der Waals surface area contributed by atoms with Gasteiger partial charge in [-0.05, 0) is 43.3 Å². The van der Waals surface area contributed by atoms with Gasteiger partial charge >= 0.3 is 0 Å². The lowest BCUT2D eigenvalue weighted by Gasteiger charge is -2.29. The normalized spacial score (nSPS) is 19.1. The number of morpholine rings is 1. The molecule has 2 heterocycles. The molecule has 0 aliphatic carbocycles. The van der Waals surface area contributed by atoms with Crippen LogP contribution in [-0.2, 0) is 9.53 Å². The molecule has 0 saturated carbocycles. The van der Waals surface area contributed by atoms with E-state index in [1.165, 1.54) is 0 Å². The number of rotatable bonds is 4. The number of nitrogens with one attached hydrogen (secondary N) is 2. The quantitative estimate of drug-likeness (QED) is 0.845. The Balaban J connectivity index is 0.00000156. The lowest BCUT2D eigenvalue weighted by Crippen LogP contribution is -2.53. The van der Waals surface area contributed by atoms with E-state index < -0.39 is 0 Å². The highest BCUT2D eigenvalue weighted by Gasteiger charge is 2.28. The summed E-state index contributed by atoms with van der Waals surface area (Å²) >= 11 is 0. The summed E-state index contributed by atoms with van der Waals surface area (Å²) < 4.78 is 11.2. The first-order valence-corrected chi connectivity index (χ1v) is 7.56. The minimum Gasteiger partial charge on any atom is -0.457 e. The molecule has 0 unspecified atom stereocenters. The Kier molecular flexibility index (Phi) is 8.65. The Hall–Kier alpha value is -1.86. The molecule has 6 nitrogen and oxygen atoms in total. The first-order valence-electron chi connectivity index (χ1n) is 7.56. The lowest BCUT2D eigenvalue weighted by atomic mass is 10.1. The van der Waals surface area contributed by atoms with E-state index in [4.69, 9.17) is 9.47 Å². The van der Waals surface area contributed by atoms with Crippen molar-refractivity contribution in [3.63, 3.8) is 0 Å². The van der Waals surface area contributed by atoms with Gasteiger partial charge in [-0.2, -0.15) is 0 Å². The second-order valence-electron chi connectivity index (χ2n) is 5.31. The molecule has 0 bridgehead atoms. The van der Waals surface area contributed by atoms with Crippen LogP contribution < -0.4 is 15.4 Å². The van der Waals surface area contributed by atoms with E-state index in [0.717, 1.165) is 5.69 Å². The van der Waals surface area contributed by atoms with Crippen LogP contribution in [0.5, 0.6) is 11.5 Å². The number of carbonyl (C=O) groups is 1. The lowest BCUT2D eigenvalue weighted by molar-refractivity contribution is -0.123. The number of nitrogens with zero attached hydrogens (tertiary/aromatic N) is 1. The first kappa shape index (κ1) is 21.2. The standard InChI is InChI=1S/C17H19N3O3.2ClH/c1-12-16(19-10-11-22-12)17(21)20-13-2-4-14(5-3-13)23-15-6-8-18-9-7-15;;/h2-9,12,16,19H,10-11H2,1H3,(H,20,21);2*1H/t12-,16+;;/m1../s1. The van der Waals surface area contributed by atoms with Gasteiger partial charge in [0.1, 0.15) is 17.5 Å². The van der Waals surface area contributed by atoms with Crippen molar-refractivity contribution in [1.29, 1.82) is 0 Å². The van der Waals surface area contributed by atoms with Gasteiger partial charge in [0.25, 0.3) is 0 Å². The molecule has 0 spiro atoms. The van der Waals surface area contributed by atoms with Crippen molar-refractivity contribution < 1.29 is 14.3 Å². The molecular formula is C17H21Cl2N3O3. The van der Waals surface area contributed by atoms with Crippen molar-refractivity contribution in [2.45, 2.75) is 19.1 Å². The molecule has 1 aromatic carbocycles. The van der Waals surface area contributed by atoms with Crippen molar-refractivity contribution >= 4 is 36.4 Å². The van der Waals surface area contributed by atoms with Crippen LogP contribution in [0.25, 0.3) is 0 Å². The highest BCUT2D eigenvalue weighted by atomic mass is 35.5. The highest BCUT2D eigenvalue weighted by molar-refractivity contribution is 5.95. The van der Waals surface area contributed by atoms with E-state index in [2.05, 4.69) is 15.6 Å². The number of hydrogen-bond acceptors (Lipinski definition) is 5. The number of benzene rings is 1. The fourth-order valence-electron chi connectivity index (χ4n) is 2.40. The summed E-state index contributed by atoms with van der Waals surface area (Å²) in [5.74, 6) is 1.32. The number of ether oxygens (including phenoxy) is 2. The topological polar surface area (TPSA) is 72.5 Å². The largest absolute Gasteiger partial charge is 0.457 e. The minimum atomic E-state index is -0.337. The molecule has 0 radical (unpaired) electrons. The Labute approximate surface area is 159 Å². The van der Waals surface area contributed by atoms with Gasteiger partial charge in [0.2, 0.25) is 5.91 Å². The van der Waals surface area contributed by atoms with Crippen LogP contribution in [0.2, 0.25) is 0 Å². The molecule has 2 aromatic rings. The van der Waals surface area contributed by atoms with Gasteiger partial charge in [0, 0.05) is 24.6 Å². The first-order chi connectivity index (χ1) is 11.2. The van der Waals surface area contributed by atoms with Crippen molar-refractivity contribution in [2.24, 2.45) is 0 Å². The molecule has 1 aromatic heterocycles. The van der Waals surface area contributed by atoms with Gasteiger partial charge in [-0.3, -0.25) is 9.78 Å². The maximum absolute atomic E-state index is 12.3. The number of carbonyl (C=O) groups excluding carboxylic acids is 1. The second kappa shape index (κ2) is 10.2. The predicted molar refractivity (Wildman–Crippen MR) is 101 cm³/mol. The van der Waals surface area contributed by atoms with Crippen LogP contribution in [0.1, 0.15) is 6.92 Å². The highest BCUT2D eigenvalue weighted by Crippen LogP contribution is 2.22. The Bertz CT molecular complexity index is 656. The predicted octanol–water partition coefficient (Wildman–Crippen LogP) is 3.03. The van der Waals surface area contributed by atoms with Gasteiger partial charge in [0.15, 0.2) is 0 Å². The summed E-state index contributed by atoms with van der Waals surface area (Å²) in [5.41, 5.74) is 0.719. The number of hydrogen-bond donors (Lipinski definition) is 2. The van der Waals surface area contributed by atoms with Crippen molar-refractivity contribution in [3.8, 4) is 11.5 Å². The molecule has 1 amide bonds. The zero-order valence-corrected chi connectivity index (χ0v) is 15.3. The third-order valence-electron chi connectivity index (χ3n) is 3.61. The third kappa shape index (κ3) is 5.86. The number of aromatic nitrogens is 1. The summed E-state index contributed by atoms with van der Waals surface area (Å²) in [5, 5.41) is 6.05. The SMILES string of the molecule is C[C@H]1OCCN[C@@H]1C(=O)Nc1ccc(Oc2ccncc2)cc1.Cl.Cl. The van der Waals surface area contributed by atoms with Gasteiger partial charge in [-0.25, -0.2) is 0 Å². The van der Waals surface area contributed by atoms with E-state index in [9.17, 15) is 4.79 Å². The molecule has 3 rings (SSSR count). The van der Waals surface area contributed by atoms with Crippen molar-refractivity contribution in [3.05, 3.63) is 48.8 Å². The third-order valence-corrected chi connectivity index (χ3v) is 3.61. The van der Waals surface area contributed by atoms with Crippen molar-refractivity contribution in [2.75, 3.05) is 18.5 Å². The second-order valence-corrected chi connectivity index (χ2v) is 5.31. The molecule has 2 atom stereocenters. The van der Waals surface area contributed by atoms with Crippen LogP contribution in [0.3, 0.4) is 0 Å². The smallest absolute Gasteiger partial charge is 0.244 e. The molecule has 136 valence electrons. The molecule has 25 heavy (non-hydrogen) atoms. The number of anilines is 1. The summed E-state index contributed by atoms with van der Waals surface area (Å²) in [7, 11) is 0. The average Bonchev–Trinajstić information content (AvgIpc) is 2.58. The van der Waals surface area contributed by atoms with Gasteiger partial charge in [0.05, 0.1) is 12.7 Å². The van der Waals surface area contributed by atoms with E-state index in [-0.39, 0.29) is 42.9 Å². The minimum absolute atomic E-state index is 0. The molecular weight excluding hydrogens is 365 g/mol. The summed E-state index contributed by atoms with van der Waals surface area (Å²) in [6.45, 7) is 3.20. The van der Waals surface area contributed by atoms with Gasteiger partial charge < -0.3 is 20.1 Å². The van der Waals surface area contributed by atoms with Gasteiger partial charge in [-0.1, -0.05) is 0 Å². The number of halogens is 2. The maximum atomic E-state index is 12.3. The van der Waals surface area contributed by atoms with Crippen molar-refractivity contribution in [1.82, 2.24) is 10.3 Å². The Morgan fingerprint density at radius 1 is 1.16 bits per heavy atom. The van der Waals surface area contributed by atoms with E-state index in [1.54, 1.807) is 24.5 Å². The number of amides is 1. The van der Waals surface area contributed by atoms with E-state index in [0.29, 0.717) is 24.7 Å². The van der Waals surface area contributed by atoms with Crippen LogP contribution in [0, 0.1) is 0 Å². The average molecular weight is 386 g/mol. The fraction of sp³-hybridized carbons (Fsp3) is 0.294. The Morgan fingerprint density at radius 2 is 1.80 bits per heavy atom. The number of pyridine rings is 1. The van der Waals surface area contributed by atoms with Crippen LogP contribution in [0.15, 0.2) is 48.8 Å².